The van der Waals surface area contributed by atoms with Crippen LogP contribution in [0, 0.1) is 6.92 Å². The Bertz CT molecular complexity index is 604. The highest BCUT2D eigenvalue weighted by molar-refractivity contribution is 9.10. The normalized spacial score (nSPS) is 10.3. The average Bonchev–Trinajstić information content (AvgIpc) is 2.41. The van der Waals surface area contributed by atoms with E-state index in [1.54, 1.807) is 18.0 Å². The van der Waals surface area contributed by atoms with Gasteiger partial charge in [-0.15, -0.1) is 11.8 Å². The summed E-state index contributed by atoms with van der Waals surface area (Å²) >= 11 is 5.03. The maximum atomic E-state index is 11.8. The van der Waals surface area contributed by atoms with E-state index < -0.39 is 0 Å². The second-order valence-corrected chi connectivity index (χ2v) is 6.24. The molecule has 1 amide bonds. The molecule has 0 aliphatic heterocycles. The van der Waals surface area contributed by atoms with Crippen molar-refractivity contribution >= 4 is 39.4 Å². The fourth-order valence-corrected chi connectivity index (χ4v) is 2.89. The van der Waals surface area contributed by atoms with E-state index in [0.29, 0.717) is 11.6 Å². The summed E-state index contributed by atoms with van der Waals surface area (Å²) in [6, 6.07) is 11.9. The largest absolute Gasteiger partial charge is 0.310 e. The Kier molecular flexibility index (Phi) is 5.61. The highest BCUT2D eigenvalue weighted by Crippen LogP contribution is 2.17. The van der Waals surface area contributed by atoms with Gasteiger partial charge in [0.2, 0.25) is 5.91 Å². The van der Waals surface area contributed by atoms with E-state index >= 15 is 0 Å². The van der Waals surface area contributed by atoms with Crippen molar-refractivity contribution in [2.45, 2.75) is 12.7 Å². The van der Waals surface area contributed by atoms with Crippen LogP contribution in [0.4, 0.5) is 5.82 Å². The molecule has 0 fully saturated rings. The van der Waals surface area contributed by atoms with Gasteiger partial charge in [-0.1, -0.05) is 34.1 Å². The molecule has 0 atom stereocenters. The van der Waals surface area contributed by atoms with Crippen molar-refractivity contribution in [3.63, 3.8) is 0 Å². The third-order valence-corrected chi connectivity index (χ3v) is 4.16. The minimum atomic E-state index is -0.0215. The van der Waals surface area contributed by atoms with Crippen LogP contribution in [0.3, 0.4) is 0 Å². The van der Waals surface area contributed by atoms with Crippen LogP contribution in [0.1, 0.15) is 11.1 Å². The van der Waals surface area contributed by atoms with Gasteiger partial charge in [-0.3, -0.25) is 4.79 Å². The van der Waals surface area contributed by atoms with Crippen molar-refractivity contribution in [2.75, 3.05) is 11.1 Å². The van der Waals surface area contributed by atoms with Crippen molar-refractivity contribution in [2.24, 2.45) is 0 Å². The summed E-state index contributed by atoms with van der Waals surface area (Å²) in [6.07, 6.45) is 1.68. The van der Waals surface area contributed by atoms with Gasteiger partial charge in [0.15, 0.2) is 0 Å². The third kappa shape index (κ3) is 4.65. The lowest BCUT2D eigenvalue weighted by molar-refractivity contribution is -0.113. The summed E-state index contributed by atoms with van der Waals surface area (Å²) in [5, 5.41) is 2.83. The summed E-state index contributed by atoms with van der Waals surface area (Å²) < 4.78 is 1.06. The highest BCUT2D eigenvalue weighted by atomic mass is 79.9. The molecule has 0 saturated carbocycles. The molecule has 0 aliphatic rings. The van der Waals surface area contributed by atoms with E-state index in [1.807, 2.05) is 31.2 Å². The Labute approximate surface area is 131 Å². The van der Waals surface area contributed by atoms with Crippen LogP contribution in [0.5, 0.6) is 0 Å². The van der Waals surface area contributed by atoms with Crippen LogP contribution in [0.15, 0.2) is 47.1 Å². The first-order chi connectivity index (χ1) is 9.65. The van der Waals surface area contributed by atoms with Crippen LogP contribution >= 0.6 is 27.7 Å². The maximum Gasteiger partial charge on any atom is 0.235 e. The van der Waals surface area contributed by atoms with Crippen molar-refractivity contribution in [3.8, 4) is 0 Å². The molecule has 20 heavy (non-hydrogen) atoms. The van der Waals surface area contributed by atoms with Crippen LogP contribution in [0.25, 0.3) is 0 Å². The average molecular weight is 351 g/mol. The van der Waals surface area contributed by atoms with E-state index in [1.165, 1.54) is 5.56 Å². The number of halogens is 1. The topological polar surface area (TPSA) is 42.0 Å². The van der Waals surface area contributed by atoms with Crippen molar-refractivity contribution in [1.82, 2.24) is 4.98 Å². The van der Waals surface area contributed by atoms with Crippen LogP contribution in [0.2, 0.25) is 0 Å². The molecule has 1 N–H and O–H groups in total. The van der Waals surface area contributed by atoms with Gasteiger partial charge in [0.25, 0.3) is 0 Å². The van der Waals surface area contributed by atoms with E-state index in [0.717, 1.165) is 15.8 Å². The molecule has 1 aromatic carbocycles. The van der Waals surface area contributed by atoms with Gasteiger partial charge in [-0.05, 0) is 36.2 Å². The molecule has 5 heteroatoms. The summed E-state index contributed by atoms with van der Waals surface area (Å²) in [7, 11) is 0. The third-order valence-electron chi connectivity index (χ3n) is 2.66. The van der Waals surface area contributed by atoms with Crippen LogP contribution in [-0.4, -0.2) is 16.6 Å². The van der Waals surface area contributed by atoms with Gasteiger partial charge < -0.3 is 5.32 Å². The summed E-state index contributed by atoms with van der Waals surface area (Å²) in [5.74, 6) is 1.85. The summed E-state index contributed by atoms with van der Waals surface area (Å²) in [6.45, 7) is 1.93. The molecule has 0 bridgehead atoms. The van der Waals surface area contributed by atoms with E-state index in [9.17, 15) is 4.79 Å². The van der Waals surface area contributed by atoms with Crippen LogP contribution in [-0.2, 0) is 10.5 Å². The Hall–Kier alpha value is -1.33. The predicted molar refractivity (Wildman–Crippen MR) is 87.9 cm³/mol. The van der Waals surface area contributed by atoms with E-state index in [-0.39, 0.29) is 5.91 Å². The minimum absolute atomic E-state index is 0.0215. The second-order valence-electron chi connectivity index (χ2n) is 4.34. The number of nitrogens with one attached hydrogen (secondary N) is 1. The minimum Gasteiger partial charge on any atom is -0.310 e. The Morgan fingerprint density at radius 1 is 1.35 bits per heavy atom. The number of carbonyl (C=O) groups excluding carboxylic acids is 1. The predicted octanol–water partition coefficient (Wildman–Crippen LogP) is 4.02. The number of aryl methyl sites for hydroxylation is 1. The lowest BCUT2D eigenvalue weighted by atomic mass is 10.2. The lowest BCUT2D eigenvalue weighted by Gasteiger charge is -2.07. The number of amides is 1. The second kappa shape index (κ2) is 7.45. The van der Waals surface area contributed by atoms with Gasteiger partial charge in [-0.25, -0.2) is 4.98 Å². The number of rotatable bonds is 5. The molecule has 3 nitrogen and oxygen atoms in total. The smallest absolute Gasteiger partial charge is 0.235 e. The van der Waals surface area contributed by atoms with Gasteiger partial charge in [0.1, 0.15) is 5.82 Å². The Balaban J connectivity index is 1.80. The van der Waals surface area contributed by atoms with E-state index in [4.69, 9.17) is 0 Å². The van der Waals surface area contributed by atoms with Crippen LogP contribution < -0.4 is 5.32 Å². The molecule has 2 aromatic rings. The summed E-state index contributed by atoms with van der Waals surface area (Å²) in [4.78, 5) is 16.0. The molecule has 0 unspecified atom stereocenters. The first-order valence-corrected chi connectivity index (χ1v) is 8.13. The maximum absolute atomic E-state index is 11.8. The van der Waals surface area contributed by atoms with Crippen molar-refractivity contribution in [1.29, 1.82) is 0 Å². The van der Waals surface area contributed by atoms with Gasteiger partial charge in [-0.2, -0.15) is 0 Å². The number of anilines is 1. The SMILES string of the molecule is Cc1cccnc1NC(=O)CSCc1cccc(Br)c1. The van der Waals surface area contributed by atoms with Gasteiger partial charge >= 0.3 is 0 Å². The standard InChI is InChI=1S/C15H15BrN2OS/c1-11-4-3-7-17-15(11)18-14(19)10-20-9-12-5-2-6-13(16)8-12/h2-8H,9-10H2,1H3,(H,17,18,19). The zero-order valence-electron chi connectivity index (χ0n) is 11.1. The zero-order chi connectivity index (χ0) is 14.4. The Morgan fingerprint density at radius 2 is 2.20 bits per heavy atom. The molecule has 0 spiro atoms. The molecule has 0 radical (unpaired) electrons. The number of carbonyl (C=O) groups is 1. The van der Waals surface area contributed by atoms with Gasteiger partial charge in [0.05, 0.1) is 5.75 Å². The number of aromatic nitrogens is 1. The molecule has 0 saturated heterocycles. The number of thioether (sulfide) groups is 1. The van der Waals surface area contributed by atoms with Crippen molar-refractivity contribution < 1.29 is 4.79 Å². The molecule has 2 rings (SSSR count). The number of benzene rings is 1. The fraction of sp³-hybridized carbons (Fsp3) is 0.200. The molecule has 0 aliphatic carbocycles. The number of hydrogen-bond donors (Lipinski definition) is 1. The first kappa shape index (κ1) is 15.1. The highest BCUT2D eigenvalue weighted by Gasteiger charge is 2.05. The monoisotopic (exact) mass is 350 g/mol. The van der Waals surface area contributed by atoms with Gasteiger partial charge in [0, 0.05) is 16.4 Å². The lowest BCUT2D eigenvalue weighted by Crippen LogP contribution is -2.15. The molecule has 1 heterocycles. The number of hydrogen-bond acceptors (Lipinski definition) is 3. The number of pyridine rings is 1. The summed E-state index contributed by atoms with van der Waals surface area (Å²) in [5.41, 5.74) is 2.17. The zero-order valence-corrected chi connectivity index (χ0v) is 13.5. The molecule has 1 aromatic heterocycles. The first-order valence-electron chi connectivity index (χ1n) is 6.19. The molecule has 104 valence electrons. The Morgan fingerprint density at radius 3 is 2.95 bits per heavy atom. The molecular formula is C15H15BrN2OS. The fourth-order valence-electron chi connectivity index (χ4n) is 1.67. The quantitative estimate of drug-likeness (QED) is 0.885. The van der Waals surface area contributed by atoms with E-state index in [2.05, 4.69) is 38.4 Å². The van der Waals surface area contributed by atoms with Crippen molar-refractivity contribution in [3.05, 3.63) is 58.2 Å². The number of nitrogens with zero attached hydrogens (tertiary/aromatic N) is 1. The molecular weight excluding hydrogens is 336 g/mol.